The Balaban J connectivity index is 1.71. The number of nitriles is 2. The molecule has 0 unspecified atom stereocenters. The topological polar surface area (TPSA) is 47.6 Å². The van der Waals surface area contributed by atoms with E-state index in [1.165, 1.54) is 24.3 Å². The third kappa shape index (κ3) is 3.16. The Hall–Kier alpha value is -4.54. The molecular formula is C28H14F2N2. The second kappa shape index (κ2) is 7.61. The summed E-state index contributed by atoms with van der Waals surface area (Å²) in [5.41, 5.74) is 7.44. The standard InChI is InChI=1S/C28H14F2N2/c29-22-7-1-17(2-8-22)19-5-11-24-25-12-6-20(18-3-9-23(30)10-4-18)14-27(25)28(26(24)13-19)21(15-31)16-32/h1-14H. The fourth-order valence-corrected chi connectivity index (χ4v) is 4.17. The van der Waals surface area contributed by atoms with Gasteiger partial charge in [0.25, 0.3) is 0 Å². The first-order chi connectivity index (χ1) is 15.6. The molecule has 32 heavy (non-hydrogen) atoms. The maximum absolute atomic E-state index is 13.4. The quantitative estimate of drug-likeness (QED) is 0.287. The van der Waals surface area contributed by atoms with Crippen molar-refractivity contribution in [3.05, 3.63) is 113 Å². The van der Waals surface area contributed by atoms with Crippen LogP contribution in [0, 0.1) is 34.3 Å². The van der Waals surface area contributed by atoms with Crippen LogP contribution in [0.3, 0.4) is 0 Å². The molecule has 150 valence electrons. The van der Waals surface area contributed by atoms with Gasteiger partial charge in [-0.15, -0.1) is 0 Å². The Kier molecular flexibility index (Phi) is 4.62. The third-order valence-electron chi connectivity index (χ3n) is 5.70. The van der Waals surface area contributed by atoms with Gasteiger partial charge in [-0.1, -0.05) is 48.5 Å². The summed E-state index contributed by atoms with van der Waals surface area (Å²) in [5, 5.41) is 19.3. The van der Waals surface area contributed by atoms with Crippen molar-refractivity contribution in [2.24, 2.45) is 0 Å². The monoisotopic (exact) mass is 416 g/mol. The van der Waals surface area contributed by atoms with Gasteiger partial charge in [-0.25, -0.2) is 8.78 Å². The Labute approximate surface area is 183 Å². The van der Waals surface area contributed by atoms with Crippen LogP contribution in [0.4, 0.5) is 8.78 Å². The number of hydrogen-bond acceptors (Lipinski definition) is 2. The van der Waals surface area contributed by atoms with E-state index in [9.17, 15) is 19.3 Å². The molecular weight excluding hydrogens is 402 g/mol. The van der Waals surface area contributed by atoms with Crippen LogP contribution in [0.2, 0.25) is 0 Å². The summed E-state index contributed by atoms with van der Waals surface area (Å²) in [6.07, 6.45) is 0. The Morgan fingerprint density at radius 1 is 0.500 bits per heavy atom. The SMILES string of the molecule is N#CC(C#N)=C1c2cc(-c3ccc(F)cc3)ccc2-c2ccc(-c3ccc(F)cc3)cc21. The van der Waals surface area contributed by atoms with Gasteiger partial charge in [0.05, 0.1) is 0 Å². The average Bonchev–Trinajstić information content (AvgIpc) is 3.14. The van der Waals surface area contributed by atoms with Gasteiger partial charge >= 0.3 is 0 Å². The van der Waals surface area contributed by atoms with Crippen LogP contribution < -0.4 is 0 Å². The van der Waals surface area contributed by atoms with E-state index in [-0.39, 0.29) is 17.2 Å². The van der Waals surface area contributed by atoms with Crippen LogP contribution >= 0.6 is 0 Å². The van der Waals surface area contributed by atoms with Crippen molar-refractivity contribution in [2.45, 2.75) is 0 Å². The Morgan fingerprint density at radius 2 is 0.875 bits per heavy atom. The molecule has 0 radical (unpaired) electrons. The molecule has 0 fully saturated rings. The Bertz CT molecular complexity index is 1370. The van der Waals surface area contributed by atoms with Crippen LogP contribution in [0.25, 0.3) is 39.0 Å². The van der Waals surface area contributed by atoms with Gasteiger partial charge in [0.15, 0.2) is 0 Å². The lowest BCUT2D eigenvalue weighted by molar-refractivity contribution is 0.627. The molecule has 0 heterocycles. The van der Waals surface area contributed by atoms with E-state index in [1.807, 2.05) is 48.5 Å². The maximum Gasteiger partial charge on any atom is 0.138 e. The molecule has 4 aromatic carbocycles. The van der Waals surface area contributed by atoms with Crippen LogP contribution in [-0.2, 0) is 0 Å². The van der Waals surface area contributed by atoms with Crippen LogP contribution in [0.15, 0.2) is 90.5 Å². The second-order valence-corrected chi connectivity index (χ2v) is 7.51. The molecule has 0 bridgehead atoms. The third-order valence-corrected chi connectivity index (χ3v) is 5.70. The molecule has 1 aliphatic rings. The van der Waals surface area contributed by atoms with Crippen molar-refractivity contribution in [1.29, 1.82) is 10.5 Å². The van der Waals surface area contributed by atoms with Gasteiger partial charge in [-0.3, -0.25) is 0 Å². The fourth-order valence-electron chi connectivity index (χ4n) is 4.17. The van der Waals surface area contributed by atoms with Crippen molar-refractivity contribution in [3.8, 4) is 45.5 Å². The zero-order valence-electron chi connectivity index (χ0n) is 16.7. The molecule has 0 aromatic heterocycles. The van der Waals surface area contributed by atoms with E-state index in [0.717, 1.165) is 44.5 Å². The number of hydrogen-bond donors (Lipinski definition) is 0. The van der Waals surface area contributed by atoms with E-state index in [0.29, 0.717) is 5.57 Å². The van der Waals surface area contributed by atoms with Gasteiger partial charge in [0.2, 0.25) is 0 Å². The minimum atomic E-state index is -0.313. The molecule has 2 nitrogen and oxygen atoms in total. The van der Waals surface area contributed by atoms with Gasteiger partial charge in [0.1, 0.15) is 29.3 Å². The highest BCUT2D eigenvalue weighted by molar-refractivity contribution is 6.05. The molecule has 0 N–H and O–H groups in total. The second-order valence-electron chi connectivity index (χ2n) is 7.51. The summed E-state index contributed by atoms with van der Waals surface area (Å²) in [4.78, 5) is 0. The summed E-state index contributed by atoms with van der Waals surface area (Å²) in [6.45, 7) is 0. The fraction of sp³-hybridized carbons (Fsp3) is 0. The first-order valence-electron chi connectivity index (χ1n) is 9.94. The molecule has 4 aromatic rings. The maximum atomic E-state index is 13.4. The van der Waals surface area contributed by atoms with E-state index in [1.54, 1.807) is 24.3 Å². The van der Waals surface area contributed by atoms with Crippen molar-refractivity contribution in [2.75, 3.05) is 0 Å². The van der Waals surface area contributed by atoms with Crippen molar-refractivity contribution < 1.29 is 8.78 Å². The normalized spacial score (nSPS) is 11.3. The number of nitrogens with zero attached hydrogens (tertiary/aromatic N) is 2. The summed E-state index contributed by atoms with van der Waals surface area (Å²) >= 11 is 0. The predicted octanol–water partition coefficient (Wildman–Crippen LogP) is 7.13. The van der Waals surface area contributed by atoms with E-state index >= 15 is 0 Å². The largest absolute Gasteiger partial charge is 0.207 e. The van der Waals surface area contributed by atoms with Crippen molar-refractivity contribution >= 4 is 5.57 Å². The van der Waals surface area contributed by atoms with Crippen LogP contribution in [0.5, 0.6) is 0 Å². The zero-order valence-corrected chi connectivity index (χ0v) is 16.7. The van der Waals surface area contributed by atoms with E-state index in [4.69, 9.17) is 0 Å². The lowest BCUT2D eigenvalue weighted by Gasteiger charge is -2.07. The minimum absolute atomic E-state index is 0.0255. The highest BCUT2D eigenvalue weighted by atomic mass is 19.1. The summed E-state index contributed by atoms with van der Waals surface area (Å²) in [7, 11) is 0. The molecule has 0 aliphatic heterocycles. The molecule has 0 atom stereocenters. The Morgan fingerprint density at radius 3 is 1.25 bits per heavy atom. The predicted molar refractivity (Wildman–Crippen MR) is 120 cm³/mol. The van der Waals surface area contributed by atoms with Crippen molar-refractivity contribution in [1.82, 2.24) is 0 Å². The van der Waals surface area contributed by atoms with Crippen molar-refractivity contribution in [3.63, 3.8) is 0 Å². The van der Waals surface area contributed by atoms with E-state index < -0.39 is 0 Å². The number of benzene rings is 4. The highest BCUT2D eigenvalue weighted by Gasteiger charge is 2.27. The summed E-state index contributed by atoms with van der Waals surface area (Å²) in [6, 6.07) is 28.2. The molecule has 1 aliphatic carbocycles. The molecule has 0 amide bonds. The van der Waals surface area contributed by atoms with Crippen LogP contribution in [0.1, 0.15) is 11.1 Å². The first-order valence-corrected chi connectivity index (χ1v) is 9.94. The minimum Gasteiger partial charge on any atom is -0.207 e. The van der Waals surface area contributed by atoms with Gasteiger partial charge in [0, 0.05) is 5.57 Å². The number of fused-ring (bicyclic) bond motifs is 3. The molecule has 0 saturated carbocycles. The molecule has 4 heteroatoms. The molecule has 5 rings (SSSR count). The lowest BCUT2D eigenvalue weighted by atomic mass is 9.94. The smallest absolute Gasteiger partial charge is 0.138 e. The highest BCUT2D eigenvalue weighted by Crippen LogP contribution is 2.48. The lowest BCUT2D eigenvalue weighted by Crippen LogP contribution is -1.89. The number of halogens is 2. The van der Waals surface area contributed by atoms with Gasteiger partial charge in [-0.05, 0) is 80.9 Å². The van der Waals surface area contributed by atoms with Gasteiger partial charge in [-0.2, -0.15) is 10.5 Å². The van der Waals surface area contributed by atoms with Gasteiger partial charge < -0.3 is 0 Å². The zero-order chi connectivity index (χ0) is 22.2. The van der Waals surface area contributed by atoms with Crippen LogP contribution in [-0.4, -0.2) is 0 Å². The summed E-state index contributed by atoms with van der Waals surface area (Å²) in [5.74, 6) is -0.625. The molecule has 0 spiro atoms. The van der Waals surface area contributed by atoms with E-state index in [2.05, 4.69) is 0 Å². The number of allylic oxidation sites excluding steroid dienone is 1. The average molecular weight is 416 g/mol. The number of rotatable bonds is 2. The first kappa shape index (κ1) is 19.4. The molecule has 0 saturated heterocycles. The summed E-state index contributed by atoms with van der Waals surface area (Å²) < 4.78 is 26.7.